The zero-order valence-corrected chi connectivity index (χ0v) is 14.5. The number of nitrogens with zero attached hydrogens (tertiary/aromatic N) is 2. The lowest BCUT2D eigenvalue weighted by molar-refractivity contribution is 0.0697. The Morgan fingerprint density at radius 3 is 2.68 bits per heavy atom. The maximum absolute atomic E-state index is 11.0. The highest BCUT2D eigenvalue weighted by Crippen LogP contribution is 2.46. The lowest BCUT2D eigenvalue weighted by Gasteiger charge is -2.23. The van der Waals surface area contributed by atoms with Crippen molar-refractivity contribution in [3.05, 3.63) is 71.4 Å². The number of benzene rings is 2. The Morgan fingerprint density at radius 2 is 1.96 bits per heavy atom. The monoisotopic (exact) mass is 335 g/mol. The molecule has 2 aromatic rings. The number of hydrazone groups is 1. The molecule has 0 atom stereocenters. The summed E-state index contributed by atoms with van der Waals surface area (Å²) in [6.07, 6.45) is 3.68. The Balaban J connectivity index is 1.77. The minimum atomic E-state index is -0.957. The highest BCUT2D eigenvalue weighted by atomic mass is 16.4. The summed E-state index contributed by atoms with van der Waals surface area (Å²) in [5.74, 6) is -0.957. The van der Waals surface area contributed by atoms with E-state index in [1.165, 1.54) is 11.3 Å². The second-order valence-electron chi connectivity index (χ2n) is 6.53. The van der Waals surface area contributed by atoms with Crippen LogP contribution in [0.15, 0.2) is 65.4 Å². The third-order valence-electron chi connectivity index (χ3n) is 4.55. The minimum Gasteiger partial charge on any atom is -0.478 e. The number of likely N-dealkylation sites (N-methyl/N-ethyl adjacent to an activating group) is 1. The van der Waals surface area contributed by atoms with Gasteiger partial charge < -0.3 is 10.0 Å². The van der Waals surface area contributed by atoms with Gasteiger partial charge in [-0.25, -0.2) is 4.79 Å². The molecule has 2 N–H and O–H groups in total. The molecule has 1 aliphatic heterocycles. The van der Waals surface area contributed by atoms with Crippen molar-refractivity contribution in [2.45, 2.75) is 19.3 Å². The van der Waals surface area contributed by atoms with Crippen molar-refractivity contribution in [1.29, 1.82) is 0 Å². The molecule has 2 aromatic carbocycles. The average molecular weight is 335 g/mol. The van der Waals surface area contributed by atoms with E-state index in [1.807, 2.05) is 12.1 Å². The van der Waals surface area contributed by atoms with E-state index in [2.05, 4.69) is 54.5 Å². The van der Waals surface area contributed by atoms with Gasteiger partial charge in [-0.2, -0.15) is 5.10 Å². The Bertz CT molecular complexity index is 869. The van der Waals surface area contributed by atoms with Gasteiger partial charge in [0.25, 0.3) is 0 Å². The van der Waals surface area contributed by atoms with Crippen LogP contribution in [-0.4, -0.2) is 24.3 Å². The van der Waals surface area contributed by atoms with Gasteiger partial charge in [-0.3, -0.25) is 5.43 Å². The smallest absolute Gasteiger partial charge is 0.335 e. The van der Waals surface area contributed by atoms with Crippen molar-refractivity contribution in [3.8, 4) is 0 Å². The molecule has 1 aliphatic rings. The van der Waals surface area contributed by atoms with Gasteiger partial charge in [0.1, 0.15) is 0 Å². The first-order valence-electron chi connectivity index (χ1n) is 8.07. The summed E-state index contributed by atoms with van der Waals surface area (Å²) in [4.78, 5) is 13.2. The molecule has 5 heteroatoms. The summed E-state index contributed by atoms with van der Waals surface area (Å²) < 4.78 is 0. The first kappa shape index (κ1) is 16.8. The maximum atomic E-state index is 11.0. The number of rotatable bonds is 4. The van der Waals surface area contributed by atoms with Crippen LogP contribution in [0.25, 0.3) is 0 Å². The highest BCUT2D eigenvalue weighted by molar-refractivity contribution is 5.88. The molecule has 0 saturated carbocycles. The third-order valence-corrected chi connectivity index (χ3v) is 4.55. The van der Waals surface area contributed by atoms with E-state index >= 15 is 0 Å². The molecule has 0 amide bonds. The number of fused-ring (bicyclic) bond motifs is 1. The molecular formula is C20H21N3O2. The van der Waals surface area contributed by atoms with Crippen LogP contribution in [0.4, 0.5) is 11.4 Å². The first-order chi connectivity index (χ1) is 11.9. The molecule has 0 aromatic heterocycles. The van der Waals surface area contributed by atoms with E-state index in [0.717, 1.165) is 5.70 Å². The van der Waals surface area contributed by atoms with Crippen molar-refractivity contribution < 1.29 is 9.90 Å². The van der Waals surface area contributed by atoms with Crippen LogP contribution in [0.1, 0.15) is 29.8 Å². The topological polar surface area (TPSA) is 64.9 Å². The molecule has 5 nitrogen and oxygen atoms in total. The van der Waals surface area contributed by atoms with Crippen molar-refractivity contribution in [3.63, 3.8) is 0 Å². The quantitative estimate of drug-likeness (QED) is 0.652. The van der Waals surface area contributed by atoms with Crippen molar-refractivity contribution >= 4 is 23.6 Å². The molecular weight excluding hydrogens is 314 g/mol. The summed E-state index contributed by atoms with van der Waals surface area (Å²) in [6, 6.07) is 14.9. The van der Waals surface area contributed by atoms with Crippen LogP contribution < -0.4 is 10.3 Å². The molecule has 0 unspecified atom stereocenters. The second kappa shape index (κ2) is 6.43. The SMILES string of the molecule is CN1/C(=C\C=N\Nc2cccc(C(=O)O)c2)C(C)(C)c2ccccc21. The fraction of sp³-hybridized carbons (Fsp3) is 0.200. The Kier molecular flexibility index (Phi) is 4.31. The van der Waals surface area contributed by atoms with Gasteiger partial charge in [0.05, 0.1) is 11.3 Å². The van der Waals surface area contributed by atoms with E-state index in [0.29, 0.717) is 5.69 Å². The van der Waals surface area contributed by atoms with Crippen LogP contribution >= 0.6 is 0 Å². The number of hydrogen-bond acceptors (Lipinski definition) is 4. The van der Waals surface area contributed by atoms with Crippen LogP contribution in [0, 0.1) is 0 Å². The van der Waals surface area contributed by atoms with Crippen molar-refractivity contribution in [2.75, 3.05) is 17.4 Å². The third kappa shape index (κ3) is 3.13. The number of aromatic carboxylic acids is 1. The lowest BCUT2D eigenvalue weighted by Crippen LogP contribution is -2.23. The van der Waals surface area contributed by atoms with Gasteiger partial charge >= 0.3 is 5.97 Å². The van der Waals surface area contributed by atoms with E-state index in [9.17, 15) is 4.79 Å². The van der Waals surface area contributed by atoms with Crippen molar-refractivity contribution in [1.82, 2.24) is 0 Å². The van der Waals surface area contributed by atoms with E-state index < -0.39 is 5.97 Å². The molecule has 3 rings (SSSR count). The lowest BCUT2D eigenvalue weighted by atomic mass is 9.84. The fourth-order valence-corrected chi connectivity index (χ4v) is 3.24. The number of carboxylic acids is 1. The van der Waals surface area contributed by atoms with Gasteiger partial charge in [0.2, 0.25) is 0 Å². The summed E-state index contributed by atoms with van der Waals surface area (Å²) in [7, 11) is 2.05. The Labute approximate surface area is 147 Å². The van der Waals surface area contributed by atoms with Crippen LogP contribution in [0.2, 0.25) is 0 Å². The highest BCUT2D eigenvalue weighted by Gasteiger charge is 2.37. The molecule has 0 bridgehead atoms. The van der Waals surface area contributed by atoms with E-state index in [1.54, 1.807) is 30.5 Å². The molecule has 0 spiro atoms. The molecule has 0 saturated heterocycles. The van der Waals surface area contributed by atoms with E-state index in [4.69, 9.17) is 5.11 Å². The van der Waals surface area contributed by atoms with Crippen LogP contribution in [0.3, 0.4) is 0 Å². The van der Waals surface area contributed by atoms with Gasteiger partial charge in [-0.05, 0) is 35.9 Å². The van der Waals surface area contributed by atoms with Crippen molar-refractivity contribution in [2.24, 2.45) is 5.10 Å². The number of allylic oxidation sites excluding steroid dienone is 2. The summed E-state index contributed by atoms with van der Waals surface area (Å²) in [5, 5.41) is 13.2. The molecule has 0 fully saturated rings. The zero-order valence-electron chi connectivity index (χ0n) is 14.5. The number of carbonyl (C=O) groups is 1. The number of carboxylic acid groups (broad SMARTS) is 1. The standard InChI is InChI=1S/C20H21N3O2/c1-20(2)16-9-4-5-10-17(16)23(3)18(20)11-12-21-22-15-8-6-7-14(13-15)19(24)25/h4-13,22H,1-3H3,(H,24,25)/b18-11-,21-12+. The molecule has 0 aliphatic carbocycles. The fourth-order valence-electron chi connectivity index (χ4n) is 3.24. The number of nitrogens with one attached hydrogen (secondary N) is 1. The van der Waals surface area contributed by atoms with Crippen LogP contribution in [0.5, 0.6) is 0 Å². The van der Waals surface area contributed by atoms with Gasteiger partial charge in [0, 0.05) is 30.1 Å². The van der Waals surface area contributed by atoms with Gasteiger partial charge in [-0.15, -0.1) is 0 Å². The number of para-hydroxylation sites is 1. The zero-order chi connectivity index (χ0) is 18.0. The predicted octanol–water partition coefficient (Wildman–Crippen LogP) is 4.09. The average Bonchev–Trinajstić information content (AvgIpc) is 2.79. The van der Waals surface area contributed by atoms with Gasteiger partial charge in [-0.1, -0.05) is 38.1 Å². The largest absolute Gasteiger partial charge is 0.478 e. The predicted molar refractivity (Wildman–Crippen MR) is 101 cm³/mol. The first-order valence-corrected chi connectivity index (χ1v) is 8.07. The van der Waals surface area contributed by atoms with Gasteiger partial charge in [0.15, 0.2) is 0 Å². The number of anilines is 2. The van der Waals surface area contributed by atoms with E-state index in [-0.39, 0.29) is 11.0 Å². The normalized spacial score (nSPS) is 17.1. The second-order valence-corrected chi connectivity index (χ2v) is 6.53. The Morgan fingerprint density at radius 1 is 1.20 bits per heavy atom. The molecule has 1 heterocycles. The Hall–Kier alpha value is -3.08. The number of hydrogen-bond donors (Lipinski definition) is 2. The van der Waals surface area contributed by atoms with Crippen LogP contribution in [-0.2, 0) is 5.41 Å². The molecule has 0 radical (unpaired) electrons. The summed E-state index contributed by atoms with van der Waals surface area (Å²) in [6.45, 7) is 4.39. The maximum Gasteiger partial charge on any atom is 0.335 e. The summed E-state index contributed by atoms with van der Waals surface area (Å²) >= 11 is 0. The molecule has 25 heavy (non-hydrogen) atoms. The minimum absolute atomic E-state index is 0.0966. The molecule has 128 valence electrons. The summed E-state index contributed by atoms with van der Waals surface area (Å²) in [5.41, 5.74) is 7.28.